The van der Waals surface area contributed by atoms with Crippen molar-refractivity contribution < 1.29 is 17.7 Å². The lowest BCUT2D eigenvalue weighted by Crippen LogP contribution is -2.13. The molecule has 0 aliphatic heterocycles. The van der Waals surface area contributed by atoms with E-state index in [1.165, 1.54) is 36.7 Å². The van der Waals surface area contributed by atoms with Crippen LogP contribution in [0.3, 0.4) is 0 Å². The summed E-state index contributed by atoms with van der Waals surface area (Å²) in [4.78, 5) is 12.5. The molecule has 0 atom stereocenters. The van der Waals surface area contributed by atoms with Crippen molar-refractivity contribution in [2.75, 3.05) is 5.73 Å². The van der Waals surface area contributed by atoms with Crippen LogP contribution in [0.2, 0.25) is 10.0 Å². The Morgan fingerprint density at radius 2 is 1.79 bits per heavy atom. The third-order valence-electron chi connectivity index (χ3n) is 4.67. The lowest BCUT2D eigenvalue weighted by molar-refractivity contribution is -0.142. The van der Waals surface area contributed by atoms with Gasteiger partial charge in [0.1, 0.15) is 11.4 Å². The number of hydrogen-bond donors (Lipinski definition) is 1. The maximum atomic E-state index is 13.8. The highest BCUT2D eigenvalue weighted by atomic mass is 35.5. The zero-order valence-corrected chi connectivity index (χ0v) is 17.7. The van der Waals surface area contributed by atoms with Gasteiger partial charge in [0.2, 0.25) is 5.82 Å². The largest absolute Gasteiger partial charge is 0.433 e. The van der Waals surface area contributed by atoms with Crippen LogP contribution in [0.1, 0.15) is 5.69 Å². The van der Waals surface area contributed by atoms with Gasteiger partial charge in [0.05, 0.1) is 21.9 Å². The van der Waals surface area contributed by atoms with Crippen LogP contribution in [0.5, 0.6) is 0 Å². The highest BCUT2D eigenvalue weighted by Crippen LogP contribution is 2.36. The summed E-state index contributed by atoms with van der Waals surface area (Å²) in [5.41, 5.74) is 5.49. The molecule has 0 radical (unpaired) electrons. The molecule has 0 aliphatic rings. The number of nitrogens with two attached hydrogens (primary N) is 1. The summed E-state index contributed by atoms with van der Waals surface area (Å²) < 4.78 is 47.4. The van der Waals surface area contributed by atoms with Gasteiger partial charge in [0.15, 0.2) is 11.3 Å². The van der Waals surface area contributed by atoms with Crippen LogP contribution in [0.25, 0.3) is 39.7 Å². The monoisotopic (exact) mass is 491 g/mol. The molecular weight excluding hydrogens is 482 g/mol. The molecule has 4 heterocycles. The van der Waals surface area contributed by atoms with E-state index in [0.29, 0.717) is 15.6 Å². The van der Waals surface area contributed by atoms with Crippen LogP contribution < -0.4 is 5.73 Å². The topological polar surface area (TPSA) is 108 Å². The van der Waals surface area contributed by atoms with E-state index in [1.54, 1.807) is 6.07 Å². The second kappa shape index (κ2) is 7.71. The van der Waals surface area contributed by atoms with Gasteiger partial charge in [-0.25, -0.2) is 14.5 Å². The Kier molecular flexibility index (Phi) is 4.94. The Labute approximate surface area is 192 Å². The smallest absolute Gasteiger partial charge is 0.384 e. The molecule has 8 nitrogen and oxygen atoms in total. The van der Waals surface area contributed by atoms with Gasteiger partial charge in [-0.3, -0.25) is 0 Å². The number of nitrogen functional groups attached to an aromatic ring is 1. The molecule has 0 fully saturated rings. The number of fused-ring (bicyclic) bond motifs is 1. The summed E-state index contributed by atoms with van der Waals surface area (Å²) in [6.07, 6.45) is -2.07. The molecular formula is C20H10Cl2F3N7O. The second-order valence-corrected chi connectivity index (χ2v) is 7.65. The maximum absolute atomic E-state index is 13.8. The third kappa shape index (κ3) is 3.85. The van der Waals surface area contributed by atoms with Crippen molar-refractivity contribution in [2.45, 2.75) is 6.18 Å². The Balaban J connectivity index is 1.69. The quantitative estimate of drug-likeness (QED) is 0.359. The molecule has 0 amide bonds. The van der Waals surface area contributed by atoms with E-state index >= 15 is 0 Å². The molecule has 5 rings (SSSR count). The van der Waals surface area contributed by atoms with Gasteiger partial charge >= 0.3 is 6.18 Å². The summed E-state index contributed by atoms with van der Waals surface area (Å²) in [5.74, 6) is 0.356. The number of pyridine rings is 1. The number of aromatic nitrogens is 6. The lowest BCUT2D eigenvalue weighted by Gasteiger charge is -2.11. The molecule has 0 spiro atoms. The van der Waals surface area contributed by atoms with E-state index in [2.05, 4.69) is 25.2 Å². The fourth-order valence-electron chi connectivity index (χ4n) is 3.16. The first-order chi connectivity index (χ1) is 15.7. The molecule has 33 heavy (non-hydrogen) atoms. The van der Waals surface area contributed by atoms with E-state index in [1.807, 2.05) is 0 Å². The van der Waals surface area contributed by atoms with Crippen LogP contribution in [0.15, 0.2) is 53.3 Å². The first kappa shape index (κ1) is 21.2. The molecule has 0 unspecified atom stereocenters. The van der Waals surface area contributed by atoms with Gasteiger partial charge in [0.25, 0.3) is 5.89 Å². The van der Waals surface area contributed by atoms with E-state index in [4.69, 9.17) is 33.5 Å². The lowest BCUT2D eigenvalue weighted by atomic mass is 10.1. The highest BCUT2D eigenvalue weighted by Gasteiger charge is 2.36. The summed E-state index contributed by atoms with van der Waals surface area (Å²) in [6.45, 7) is 0. The average Bonchev–Trinajstić information content (AvgIpc) is 3.41. The molecule has 0 saturated heterocycles. The van der Waals surface area contributed by atoms with Crippen LogP contribution in [0.4, 0.5) is 19.0 Å². The van der Waals surface area contributed by atoms with E-state index in [9.17, 15) is 13.2 Å². The van der Waals surface area contributed by atoms with Gasteiger partial charge < -0.3 is 10.3 Å². The number of hydrogen-bond acceptors (Lipinski definition) is 7. The van der Waals surface area contributed by atoms with Crippen LogP contribution >= 0.6 is 23.2 Å². The van der Waals surface area contributed by atoms with E-state index in [-0.39, 0.29) is 44.5 Å². The minimum Gasteiger partial charge on any atom is -0.384 e. The molecule has 0 saturated carbocycles. The van der Waals surface area contributed by atoms with Crippen LogP contribution in [0, 0.1) is 0 Å². The highest BCUT2D eigenvalue weighted by molar-refractivity contribution is 6.42. The molecule has 2 N–H and O–H groups in total. The Morgan fingerprint density at radius 1 is 0.970 bits per heavy atom. The standard InChI is InChI=1S/C20H10Cl2F3N7O/c21-12-2-1-9(5-13(12)22)14-7-15(20(23,24)25)32-18(29-14)11(8-28-32)19-30-17(31-33-19)10-3-4-27-16(26)6-10/h1-8H,(H2,26,27). The van der Waals surface area contributed by atoms with Gasteiger partial charge in [-0.15, -0.1) is 0 Å². The molecule has 0 aliphatic carbocycles. The fourth-order valence-corrected chi connectivity index (χ4v) is 3.45. The normalized spacial score (nSPS) is 11.9. The van der Waals surface area contributed by atoms with E-state index in [0.717, 1.165) is 6.07 Å². The minimum atomic E-state index is -4.72. The number of benzene rings is 1. The maximum Gasteiger partial charge on any atom is 0.433 e. The van der Waals surface area contributed by atoms with Gasteiger partial charge in [-0.05, 0) is 30.3 Å². The Hall–Kier alpha value is -3.70. The molecule has 4 aromatic heterocycles. The number of anilines is 1. The van der Waals surface area contributed by atoms with Crippen molar-refractivity contribution in [3.63, 3.8) is 0 Å². The molecule has 1 aromatic carbocycles. The number of nitrogens with zero attached hydrogens (tertiary/aromatic N) is 6. The van der Waals surface area contributed by atoms with Crippen molar-refractivity contribution in [3.8, 4) is 34.1 Å². The average molecular weight is 492 g/mol. The Morgan fingerprint density at radius 3 is 2.52 bits per heavy atom. The molecule has 5 aromatic rings. The third-order valence-corrected chi connectivity index (χ3v) is 5.41. The second-order valence-electron chi connectivity index (χ2n) is 6.84. The predicted molar refractivity (Wildman–Crippen MR) is 114 cm³/mol. The fraction of sp³-hybridized carbons (Fsp3) is 0.0500. The summed E-state index contributed by atoms with van der Waals surface area (Å²) in [5, 5.41) is 8.17. The molecule has 13 heteroatoms. The number of rotatable bonds is 3. The first-order valence-electron chi connectivity index (χ1n) is 9.18. The van der Waals surface area contributed by atoms with Gasteiger partial charge in [-0.2, -0.15) is 23.3 Å². The van der Waals surface area contributed by atoms with Gasteiger partial charge in [-0.1, -0.05) is 34.4 Å². The SMILES string of the molecule is Nc1cc(-c2noc(-c3cnn4c(C(F)(F)F)cc(-c5ccc(Cl)c(Cl)c5)nc34)n2)ccn1. The van der Waals surface area contributed by atoms with Crippen molar-refractivity contribution >= 4 is 34.7 Å². The van der Waals surface area contributed by atoms with E-state index < -0.39 is 11.9 Å². The first-order valence-corrected chi connectivity index (χ1v) is 9.93. The van der Waals surface area contributed by atoms with Crippen molar-refractivity contribution in [1.29, 1.82) is 0 Å². The predicted octanol–water partition coefficient (Wildman–Crippen LogP) is 5.42. The van der Waals surface area contributed by atoms with Crippen molar-refractivity contribution in [3.05, 3.63) is 64.5 Å². The summed E-state index contributed by atoms with van der Waals surface area (Å²) in [6, 6.07) is 8.44. The Bertz CT molecular complexity index is 1510. The zero-order chi connectivity index (χ0) is 23.3. The summed E-state index contributed by atoms with van der Waals surface area (Å²) >= 11 is 12.0. The van der Waals surface area contributed by atoms with Gasteiger partial charge in [0, 0.05) is 17.3 Å². The van der Waals surface area contributed by atoms with Crippen LogP contribution in [-0.2, 0) is 6.18 Å². The zero-order valence-electron chi connectivity index (χ0n) is 16.2. The van der Waals surface area contributed by atoms with Crippen molar-refractivity contribution in [1.82, 2.24) is 29.7 Å². The number of halogens is 5. The molecule has 0 bridgehead atoms. The molecule has 166 valence electrons. The minimum absolute atomic E-state index is 0.0109. The van der Waals surface area contributed by atoms with Crippen molar-refractivity contribution in [2.24, 2.45) is 0 Å². The summed E-state index contributed by atoms with van der Waals surface area (Å²) in [7, 11) is 0. The van der Waals surface area contributed by atoms with Crippen LogP contribution in [-0.4, -0.2) is 29.7 Å². The number of alkyl halides is 3.